The number of thiazole rings is 2. The molecule has 4 aromatic rings. The van der Waals surface area contributed by atoms with Gasteiger partial charge in [0.05, 0.1) is 20.4 Å². The highest BCUT2D eigenvalue weighted by molar-refractivity contribution is 7.20. The topological polar surface area (TPSA) is 47.2 Å². The smallest absolute Gasteiger partial charge is 0.308 e. The van der Waals surface area contributed by atoms with Crippen LogP contribution in [-0.2, 0) is 13.5 Å². The summed E-state index contributed by atoms with van der Waals surface area (Å²) in [5.74, 6) is -0.278. The van der Waals surface area contributed by atoms with Gasteiger partial charge < -0.3 is 4.57 Å². The summed E-state index contributed by atoms with van der Waals surface area (Å²) in [6, 6.07) is 14.3. The fourth-order valence-corrected chi connectivity index (χ4v) is 4.85. The molecule has 6 heteroatoms. The second-order valence-electron chi connectivity index (χ2n) is 6.25. The number of rotatable bonds is 4. The number of unbranched alkanes of at least 4 members (excludes halogenated alkanes) is 1. The average Bonchev–Trinajstić information content (AvgIpc) is 3.21. The molecule has 0 bridgehead atoms. The molecule has 0 N–H and O–H groups in total. The Bertz CT molecular complexity index is 1130. The number of carbonyl (C=O) groups excluding carboxylic acids is 1. The Hall–Kier alpha value is -2.31. The molecule has 4 rings (SSSR count). The van der Waals surface area contributed by atoms with E-state index in [1.54, 1.807) is 11.3 Å². The summed E-state index contributed by atoms with van der Waals surface area (Å²) in [4.78, 5) is 22.1. The average molecular weight is 382 g/mol. The number of aromatic nitrogens is 2. The quantitative estimate of drug-likeness (QED) is 0.503. The lowest BCUT2D eigenvalue weighted by Crippen LogP contribution is -2.13. The maximum atomic E-state index is 12.6. The van der Waals surface area contributed by atoms with E-state index in [0.717, 1.165) is 26.9 Å². The van der Waals surface area contributed by atoms with Gasteiger partial charge in [0.15, 0.2) is 9.81 Å². The molecule has 2 aromatic heterocycles. The first kappa shape index (κ1) is 17.1. The Labute approximate surface area is 159 Å². The first-order valence-corrected chi connectivity index (χ1v) is 10.3. The van der Waals surface area contributed by atoms with E-state index >= 15 is 0 Å². The molecule has 0 saturated carbocycles. The number of benzene rings is 2. The third-order valence-electron chi connectivity index (χ3n) is 4.37. The van der Waals surface area contributed by atoms with Gasteiger partial charge in [-0.2, -0.15) is 4.99 Å². The van der Waals surface area contributed by atoms with E-state index in [0.29, 0.717) is 9.81 Å². The summed E-state index contributed by atoms with van der Waals surface area (Å²) in [5.41, 5.74) is 3.29. The summed E-state index contributed by atoms with van der Waals surface area (Å²) >= 11 is 2.94. The van der Waals surface area contributed by atoms with Gasteiger partial charge in [0.1, 0.15) is 0 Å². The number of fused-ring (bicyclic) bond motifs is 2. The molecule has 4 nitrogen and oxygen atoms in total. The molecule has 0 fully saturated rings. The van der Waals surface area contributed by atoms with Gasteiger partial charge in [-0.3, -0.25) is 4.79 Å². The van der Waals surface area contributed by atoms with Crippen LogP contribution < -0.4 is 4.80 Å². The second-order valence-corrected chi connectivity index (χ2v) is 8.29. The summed E-state index contributed by atoms with van der Waals surface area (Å²) in [5, 5.41) is 0.437. The van der Waals surface area contributed by atoms with E-state index in [9.17, 15) is 4.79 Å². The Balaban J connectivity index is 1.72. The number of hydrogen-bond donors (Lipinski definition) is 0. The first-order chi connectivity index (χ1) is 12.7. The molecular weight excluding hydrogens is 362 g/mol. The lowest BCUT2D eigenvalue weighted by molar-refractivity contribution is 0.0998. The Morgan fingerprint density at radius 2 is 2.00 bits per heavy atom. The Kier molecular flexibility index (Phi) is 4.70. The van der Waals surface area contributed by atoms with Crippen molar-refractivity contribution in [1.29, 1.82) is 0 Å². The van der Waals surface area contributed by atoms with Gasteiger partial charge in [0.2, 0.25) is 0 Å². The van der Waals surface area contributed by atoms with Crippen LogP contribution in [0.5, 0.6) is 0 Å². The molecule has 132 valence electrons. The number of para-hydroxylation sites is 1. The van der Waals surface area contributed by atoms with E-state index in [1.165, 1.54) is 29.7 Å². The van der Waals surface area contributed by atoms with Crippen LogP contribution in [0.15, 0.2) is 47.5 Å². The molecule has 2 heterocycles. The van der Waals surface area contributed by atoms with Crippen molar-refractivity contribution in [3.8, 4) is 0 Å². The van der Waals surface area contributed by atoms with Crippen LogP contribution in [0, 0.1) is 0 Å². The van der Waals surface area contributed by atoms with Crippen molar-refractivity contribution in [2.45, 2.75) is 26.2 Å². The van der Waals surface area contributed by atoms with Crippen LogP contribution >= 0.6 is 22.7 Å². The normalized spacial score (nSPS) is 12.3. The van der Waals surface area contributed by atoms with Gasteiger partial charge in [-0.05, 0) is 42.7 Å². The van der Waals surface area contributed by atoms with E-state index in [4.69, 9.17) is 0 Å². The monoisotopic (exact) mass is 381 g/mol. The number of carbonyl (C=O) groups is 1. The van der Waals surface area contributed by atoms with Gasteiger partial charge in [-0.15, -0.1) is 11.3 Å². The van der Waals surface area contributed by atoms with Crippen molar-refractivity contribution < 1.29 is 4.79 Å². The fourth-order valence-electron chi connectivity index (χ4n) is 2.92. The van der Waals surface area contributed by atoms with Crippen molar-refractivity contribution >= 4 is 49.0 Å². The molecule has 0 aliphatic carbocycles. The highest BCUT2D eigenvalue weighted by Crippen LogP contribution is 2.23. The Morgan fingerprint density at radius 3 is 2.81 bits per heavy atom. The van der Waals surface area contributed by atoms with Gasteiger partial charge in [-0.25, -0.2) is 4.98 Å². The van der Waals surface area contributed by atoms with Crippen LogP contribution in [0.25, 0.3) is 20.4 Å². The molecule has 0 atom stereocenters. The summed E-state index contributed by atoms with van der Waals surface area (Å²) in [7, 11) is 1.95. The fraction of sp³-hybridized carbons (Fsp3) is 0.250. The number of hydrogen-bond acceptors (Lipinski definition) is 4. The van der Waals surface area contributed by atoms with Crippen molar-refractivity contribution in [2.75, 3.05) is 0 Å². The third kappa shape index (κ3) is 3.22. The van der Waals surface area contributed by atoms with E-state index in [1.807, 2.05) is 35.9 Å². The number of nitrogens with zero attached hydrogens (tertiary/aromatic N) is 3. The predicted octanol–water partition coefficient (Wildman–Crippen LogP) is 4.93. The lowest BCUT2D eigenvalue weighted by Gasteiger charge is -2.00. The number of aryl methyl sites for hydroxylation is 2. The predicted molar refractivity (Wildman–Crippen MR) is 109 cm³/mol. The molecule has 1 amide bonds. The zero-order valence-corrected chi connectivity index (χ0v) is 16.4. The molecule has 0 radical (unpaired) electrons. The molecule has 26 heavy (non-hydrogen) atoms. The van der Waals surface area contributed by atoms with E-state index < -0.39 is 0 Å². The summed E-state index contributed by atoms with van der Waals surface area (Å²) < 4.78 is 4.15. The minimum Gasteiger partial charge on any atom is -0.319 e. The maximum absolute atomic E-state index is 12.6. The van der Waals surface area contributed by atoms with E-state index in [2.05, 4.69) is 35.1 Å². The second kappa shape index (κ2) is 7.13. The van der Waals surface area contributed by atoms with Crippen LogP contribution in [0.3, 0.4) is 0 Å². The van der Waals surface area contributed by atoms with Crippen molar-refractivity contribution in [2.24, 2.45) is 12.0 Å². The standard InChI is InChI=1S/C20H19N3OS2/c1-3-4-7-13-10-11-15-17(12-13)26-20(23(15)2)22-18(24)19-21-14-8-5-6-9-16(14)25-19/h5-6,8-12H,3-4,7H2,1-2H3. The Morgan fingerprint density at radius 1 is 1.15 bits per heavy atom. The first-order valence-electron chi connectivity index (χ1n) is 8.69. The molecule has 2 aromatic carbocycles. The third-order valence-corrected chi connectivity index (χ3v) is 6.49. The van der Waals surface area contributed by atoms with Crippen molar-refractivity contribution in [1.82, 2.24) is 9.55 Å². The van der Waals surface area contributed by atoms with Gasteiger partial charge in [0.25, 0.3) is 0 Å². The maximum Gasteiger partial charge on any atom is 0.308 e. The molecule has 0 saturated heterocycles. The van der Waals surface area contributed by atoms with Gasteiger partial charge in [-0.1, -0.05) is 42.9 Å². The summed E-state index contributed by atoms with van der Waals surface area (Å²) in [6.45, 7) is 2.20. The highest BCUT2D eigenvalue weighted by Gasteiger charge is 2.12. The van der Waals surface area contributed by atoms with E-state index in [-0.39, 0.29) is 5.91 Å². The lowest BCUT2D eigenvalue weighted by atomic mass is 10.1. The highest BCUT2D eigenvalue weighted by atomic mass is 32.1. The van der Waals surface area contributed by atoms with Crippen LogP contribution in [-0.4, -0.2) is 15.5 Å². The van der Waals surface area contributed by atoms with Crippen LogP contribution in [0.2, 0.25) is 0 Å². The van der Waals surface area contributed by atoms with Gasteiger partial charge in [0, 0.05) is 7.05 Å². The molecule has 0 spiro atoms. The zero-order chi connectivity index (χ0) is 18.1. The van der Waals surface area contributed by atoms with Gasteiger partial charge >= 0.3 is 5.91 Å². The van der Waals surface area contributed by atoms with Crippen molar-refractivity contribution in [3.05, 3.63) is 57.8 Å². The molecule has 0 aliphatic heterocycles. The number of amides is 1. The van der Waals surface area contributed by atoms with Crippen molar-refractivity contribution in [3.63, 3.8) is 0 Å². The minimum absolute atomic E-state index is 0.278. The largest absolute Gasteiger partial charge is 0.319 e. The summed E-state index contributed by atoms with van der Waals surface area (Å²) in [6.07, 6.45) is 3.47. The van der Waals surface area contributed by atoms with Crippen LogP contribution in [0.1, 0.15) is 35.1 Å². The minimum atomic E-state index is -0.278. The molecular formula is C20H19N3OS2. The van der Waals surface area contributed by atoms with Crippen LogP contribution in [0.4, 0.5) is 0 Å². The SMILES string of the molecule is CCCCc1ccc2c(c1)sc(=NC(=O)c1nc3ccccc3s1)n2C. The zero-order valence-electron chi connectivity index (χ0n) is 14.7. The molecule has 0 unspecified atom stereocenters. The molecule has 0 aliphatic rings.